The van der Waals surface area contributed by atoms with E-state index in [1.807, 2.05) is 54.3 Å². The molecule has 0 unspecified atom stereocenters. The van der Waals surface area contributed by atoms with Gasteiger partial charge in [0, 0.05) is 38.1 Å². The number of hydrogen-bond acceptors (Lipinski definition) is 4. The van der Waals surface area contributed by atoms with Gasteiger partial charge in [0.05, 0.1) is 6.54 Å². The number of amides is 1. The molecule has 2 aromatic rings. The molecule has 1 aromatic heterocycles. The van der Waals surface area contributed by atoms with E-state index in [9.17, 15) is 4.79 Å². The third-order valence-corrected chi connectivity index (χ3v) is 4.07. The highest BCUT2D eigenvalue weighted by Gasteiger charge is 2.21. The van der Waals surface area contributed by atoms with Gasteiger partial charge >= 0.3 is 0 Å². The van der Waals surface area contributed by atoms with E-state index < -0.39 is 0 Å². The van der Waals surface area contributed by atoms with Crippen LogP contribution in [0, 0.1) is 6.92 Å². The molecule has 5 nitrogen and oxygen atoms in total. The zero-order valence-electron chi connectivity index (χ0n) is 13.4. The number of aryl methyl sites for hydroxylation is 1. The van der Waals surface area contributed by atoms with E-state index in [1.165, 1.54) is 5.56 Å². The topological polar surface area (TPSA) is 48.5 Å². The lowest BCUT2D eigenvalue weighted by Crippen LogP contribution is -2.50. The van der Waals surface area contributed by atoms with Crippen LogP contribution in [0.2, 0.25) is 0 Å². The molecule has 0 bridgehead atoms. The van der Waals surface area contributed by atoms with Crippen molar-refractivity contribution in [3.63, 3.8) is 0 Å². The van der Waals surface area contributed by atoms with Gasteiger partial charge in [0.2, 0.25) is 5.91 Å². The lowest BCUT2D eigenvalue weighted by atomic mass is 10.2. The summed E-state index contributed by atoms with van der Waals surface area (Å²) in [5.74, 6) is 1.13. The minimum Gasteiger partial charge on any atom is -0.376 e. The van der Waals surface area contributed by atoms with E-state index in [-0.39, 0.29) is 5.91 Å². The zero-order valence-corrected chi connectivity index (χ0v) is 13.4. The number of nitrogens with one attached hydrogen (secondary N) is 1. The van der Waals surface area contributed by atoms with E-state index in [0.717, 1.165) is 37.7 Å². The summed E-state index contributed by atoms with van der Waals surface area (Å²) in [7, 11) is 0. The monoisotopic (exact) mass is 310 g/mol. The smallest absolute Gasteiger partial charge is 0.241 e. The van der Waals surface area contributed by atoms with Gasteiger partial charge < -0.3 is 15.1 Å². The van der Waals surface area contributed by atoms with Crippen molar-refractivity contribution in [2.24, 2.45) is 0 Å². The predicted octanol–water partition coefficient (Wildman–Crippen LogP) is 2.15. The van der Waals surface area contributed by atoms with Gasteiger partial charge in [-0.3, -0.25) is 4.79 Å². The predicted molar refractivity (Wildman–Crippen MR) is 92.7 cm³/mol. The quantitative estimate of drug-likeness (QED) is 0.940. The Balaban J connectivity index is 1.48. The summed E-state index contributed by atoms with van der Waals surface area (Å²) in [5.41, 5.74) is 2.18. The van der Waals surface area contributed by atoms with Gasteiger partial charge in [0.25, 0.3) is 0 Å². The van der Waals surface area contributed by atoms with Crippen LogP contribution in [0.1, 0.15) is 5.56 Å². The first-order valence-electron chi connectivity index (χ1n) is 7.97. The Kier molecular flexibility index (Phi) is 4.76. The Morgan fingerprint density at radius 2 is 1.96 bits per heavy atom. The molecular formula is C18H22N4O. The zero-order chi connectivity index (χ0) is 16.1. The lowest BCUT2D eigenvalue weighted by molar-refractivity contribution is -0.129. The van der Waals surface area contributed by atoms with Gasteiger partial charge in [-0.2, -0.15) is 0 Å². The van der Waals surface area contributed by atoms with Gasteiger partial charge in [0.1, 0.15) is 5.82 Å². The molecule has 0 aliphatic carbocycles. The molecule has 1 aliphatic rings. The molecule has 2 heterocycles. The average molecular weight is 310 g/mol. The van der Waals surface area contributed by atoms with E-state index in [2.05, 4.69) is 15.2 Å². The number of rotatable bonds is 4. The number of benzene rings is 1. The fourth-order valence-electron chi connectivity index (χ4n) is 2.77. The van der Waals surface area contributed by atoms with Crippen LogP contribution in [0.5, 0.6) is 0 Å². The first kappa shape index (κ1) is 15.3. The maximum atomic E-state index is 12.3. The molecular weight excluding hydrogens is 288 g/mol. The van der Waals surface area contributed by atoms with Crippen LogP contribution in [-0.2, 0) is 4.79 Å². The van der Waals surface area contributed by atoms with Gasteiger partial charge in [-0.05, 0) is 36.8 Å². The SMILES string of the molecule is Cc1cccc(NCC(=O)N2CCN(c3ccccn3)CC2)c1. The molecule has 5 heteroatoms. The number of pyridine rings is 1. The lowest BCUT2D eigenvalue weighted by Gasteiger charge is -2.35. The molecule has 0 spiro atoms. The van der Waals surface area contributed by atoms with Crippen LogP contribution < -0.4 is 10.2 Å². The molecule has 3 rings (SSSR count). The molecule has 1 aromatic carbocycles. The standard InChI is InChI=1S/C18H22N4O/c1-15-5-4-6-16(13-15)20-14-18(23)22-11-9-21(10-12-22)17-7-2-3-8-19-17/h2-8,13,20H,9-12,14H2,1H3. The second-order valence-electron chi connectivity index (χ2n) is 5.78. The largest absolute Gasteiger partial charge is 0.376 e. The van der Waals surface area contributed by atoms with E-state index >= 15 is 0 Å². The summed E-state index contributed by atoms with van der Waals surface area (Å²) in [6.07, 6.45) is 1.80. The third-order valence-electron chi connectivity index (χ3n) is 4.07. The summed E-state index contributed by atoms with van der Waals surface area (Å²) in [6.45, 7) is 5.52. The number of nitrogens with zero attached hydrogens (tertiary/aromatic N) is 3. The molecule has 0 saturated carbocycles. The van der Waals surface area contributed by atoms with Gasteiger partial charge in [-0.15, -0.1) is 0 Å². The van der Waals surface area contributed by atoms with Crippen molar-refractivity contribution in [3.8, 4) is 0 Å². The molecule has 1 N–H and O–H groups in total. The molecule has 1 aliphatic heterocycles. The maximum absolute atomic E-state index is 12.3. The highest BCUT2D eigenvalue weighted by atomic mass is 16.2. The second-order valence-corrected chi connectivity index (χ2v) is 5.78. The summed E-state index contributed by atoms with van der Waals surface area (Å²) in [5, 5.41) is 3.21. The molecule has 1 amide bonds. The van der Waals surface area contributed by atoms with Crippen molar-refractivity contribution in [2.75, 3.05) is 42.9 Å². The molecule has 0 atom stereocenters. The Bertz CT molecular complexity index is 651. The minimum atomic E-state index is 0.146. The summed E-state index contributed by atoms with van der Waals surface area (Å²) in [4.78, 5) is 20.8. The fraction of sp³-hybridized carbons (Fsp3) is 0.333. The summed E-state index contributed by atoms with van der Waals surface area (Å²) in [6, 6.07) is 14.0. The highest BCUT2D eigenvalue weighted by Crippen LogP contribution is 2.13. The fourth-order valence-corrected chi connectivity index (χ4v) is 2.77. The number of anilines is 2. The van der Waals surface area contributed by atoms with Crippen LogP contribution in [0.4, 0.5) is 11.5 Å². The van der Waals surface area contributed by atoms with Crippen molar-refractivity contribution < 1.29 is 4.79 Å². The van der Waals surface area contributed by atoms with Crippen LogP contribution in [0.15, 0.2) is 48.7 Å². The van der Waals surface area contributed by atoms with E-state index in [1.54, 1.807) is 6.20 Å². The van der Waals surface area contributed by atoms with E-state index in [4.69, 9.17) is 0 Å². The van der Waals surface area contributed by atoms with Crippen molar-refractivity contribution in [1.82, 2.24) is 9.88 Å². The van der Waals surface area contributed by atoms with Crippen LogP contribution >= 0.6 is 0 Å². The van der Waals surface area contributed by atoms with E-state index in [0.29, 0.717) is 6.54 Å². The van der Waals surface area contributed by atoms with Gasteiger partial charge in [-0.25, -0.2) is 4.98 Å². The van der Waals surface area contributed by atoms with Crippen molar-refractivity contribution in [2.45, 2.75) is 6.92 Å². The molecule has 23 heavy (non-hydrogen) atoms. The summed E-state index contributed by atoms with van der Waals surface area (Å²) < 4.78 is 0. The molecule has 120 valence electrons. The van der Waals surface area contributed by atoms with Crippen LogP contribution in [0.3, 0.4) is 0 Å². The number of hydrogen-bond donors (Lipinski definition) is 1. The van der Waals surface area contributed by atoms with Crippen LogP contribution in [-0.4, -0.2) is 48.5 Å². The first-order chi connectivity index (χ1) is 11.2. The van der Waals surface area contributed by atoms with Crippen molar-refractivity contribution in [1.29, 1.82) is 0 Å². The van der Waals surface area contributed by atoms with Crippen molar-refractivity contribution >= 4 is 17.4 Å². The highest BCUT2D eigenvalue weighted by molar-refractivity contribution is 5.81. The van der Waals surface area contributed by atoms with Gasteiger partial charge in [0.15, 0.2) is 0 Å². The number of carbonyl (C=O) groups excluding carboxylic acids is 1. The van der Waals surface area contributed by atoms with Gasteiger partial charge in [-0.1, -0.05) is 18.2 Å². The van der Waals surface area contributed by atoms with Crippen LogP contribution in [0.25, 0.3) is 0 Å². The Labute approximate surface area is 136 Å². The molecule has 0 radical (unpaired) electrons. The van der Waals surface area contributed by atoms with Crippen molar-refractivity contribution in [3.05, 3.63) is 54.2 Å². The third kappa shape index (κ3) is 4.00. The minimum absolute atomic E-state index is 0.146. The number of carbonyl (C=O) groups is 1. The Morgan fingerprint density at radius 3 is 2.65 bits per heavy atom. The second kappa shape index (κ2) is 7.13. The normalized spacial score (nSPS) is 14.7. The Hall–Kier alpha value is -2.56. The average Bonchev–Trinajstić information content (AvgIpc) is 2.61. The summed E-state index contributed by atoms with van der Waals surface area (Å²) >= 11 is 0. The number of aromatic nitrogens is 1. The first-order valence-corrected chi connectivity index (χ1v) is 7.97. The molecule has 1 fully saturated rings. The molecule has 1 saturated heterocycles. The Morgan fingerprint density at radius 1 is 1.13 bits per heavy atom. The maximum Gasteiger partial charge on any atom is 0.241 e. The number of piperazine rings is 1.